The number of rotatable bonds is 3. The van der Waals surface area contributed by atoms with Crippen LogP contribution in [-0.4, -0.2) is 18.4 Å². The van der Waals surface area contributed by atoms with E-state index in [1.165, 1.54) is 6.20 Å². The molecule has 1 aromatic heterocycles. The fourth-order valence-electron chi connectivity index (χ4n) is 1.71. The zero-order valence-electron chi connectivity index (χ0n) is 9.81. The Hall–Kier alpha value is -2.16. The molecule has 0 atom stereocenters. The maximum atomic E-state index is 10.8. The Labute approximate surface area is 100 Å². The van der Waals surface area contributed by atoms with Crippen molar-refractivity contribution in [1.82, 2.24) is 4.98 Å². The molecule has 0 unspecified atom stereocenters. The summed E-state index contributed by atoms with van der Waals surface area (Å²) in [6.45, 7) is 2.02. The number of aromatic nitrogens is 1. The monoisotopic (exact) mass is 227 g/mol. The molecule has 3 nitrogen and oxygen atoms in total. The molecule has 0 spiro atoms. The third-order valence-electron chi connectivity index (χ3n) is 2.53. The van der Waals surface area contributed by atoms with Crippen LogP contribution in [0.15, 0.2) is 36.5 Å². The van der Waals surface area contributed by atoms with Gasteiger partial charge in [0.1, 0.15) is 0 Å². The van der Waals surface area contributed by atoms with Crippen molar-refractivity contribution in [3.8, 4) is 17.0 Å². The number of hydrogen-bond donors (Lipinski definition) is 0. The molecule has 86 valence electrons. The largest absolute Gasteiger partial charge is 0.481 e. The molecule has 0 aliphatic rings. The minimum atomic E-state index is 0.529. The second kappa shape index (κ2) is 4.78. The van der Waals surface area contributed by atoms with Crippen LogP contribution in [0.3, 0.4) is 0 Å². The summed E-state index contributed by atoms with van der Waals surface area (Å²) in [5, 5.41) is 0. The highest BCUT2D eigenvalue weighted by Crippen LogP contribution is 2.28. The summed E-state index contributed by atoms with van der Waals surface area (Å²) in [6.07, 6.45) is 2.29. The molecule has 2 rings (SSSR count). The topological polar surface area (TPSA) is 39.2 Å². The van der Waals surface area contributed by atoms with Gasteiger partial charge in [-0.1, -0.05) is 29.8 Å². The molecule has 0 aliphatic heterocycles. The SMILES string of the molecule is COc1ncc(C=O)cc1-c1cccc(C)c1. The zero-order valence-corrected chi connectivity index (χ0v) is 9.81. The molecule has 1 aromatic carbocycles. The Morgan fingerprint density at radius 3 is 2.76 bits per heavy atom. The van der Waals surface area contributed by atoms with Crippen molar-refractivity contribution in [2.45, 2.75) is 6.92 Å². The number of aldehydes is 1. The Balaban J connectivity index is 2.59. The molecule has 2 aromatic rings. The first-order chi connectivity index (χ1) is 8.24. The van der Waals surface area contributed by atoms with Gasteiger partial charge in [-0.25, -0.2) is 4.98 Å². The minimum Gasteiger partial charge on any atom is -0.481 e. The fourth-order valence-corrected chi connectivity index (χ4v) is 1.71. The van der Waals surface area contributed by atoms with Gasteiger partial charge in [-0.3, -0.25) is 4.79 Å². The number of pyridine rings is 1. The quantitative estimate of drug-likeness (QED) is 0.757. The minimum absolute atomic E-state index is 0.529. The van der Waals surface area contributed by atoms with E-state index in [1.807, 2.05) is 31.2 Å². The number of carbonyl (C=O) groups is 1. The third-order valence-corrected chi connectivity index (χ3v) is 2.53. The molecule has 0 radical (unpaired) electrons. The van der Waals surface area contributed by atoms with Crippen LogP contribution in [0, 0.1) is 6.92 Å². The van der Waals surface area contributed by atoms with Crippen molar-refractivity contribution in [2.24, 2.45) is 0 Å². The zero-order chi connectivity index (χ0) is 12.3. The average Bonchev–Trinajstić information content (AvgIpc) is 2.38. The lowest BCUT2D eigenvalue weighted by Crippen LogP contribution is -1.94. The van der Waals surface area contributed by atoms with E-state index in [1.54, 1.807) is 13.2 Å². The van der Waals surface area contributed by atoms with E-state index < -0.39 is 0 Å². The number of hydrogen-bond acceptors (Lipinski definition) is 3. The smallest absolute Gasteiger partial charge is 0.221 e. The number of nitrogens with zero attached hydrogens (tertiary/aromatic N) is 1. The van der Waals surface area contributed by atoms with Gasteiger partial charge >= 0.3 is 0 Å². The van der Waals surface area contributed by atoms with Crippen molar-refractivity contribution in [3.63, 3.8) is 0 Å². The number of methoxy groups -OCH3 is 1. The van der Waals surface area contributed by atoms with Gasteiger partial charge in [-0.15, -0.1) is 0 Å². The number of aryl methyl sites for hydroxylation is 1. The van der Waals surface area contributed by atoms with Gasteiger partial charge in [-0.05, 0) is 18.6 Å². The Morgan fingerprint density at radius 2 is 2.12 bits per heavy atom. The van der Waals surface area contributed by atoms with Gasteiger partial charge in [0.2, 0.25) is 5.88 Å². The van der Waals surface area contributed by atoms with E-state index in [9.17, 15) is 4.79 Å². The van der Waals surface area contributed by atoms with E-state index in [0.29, 0.717) is 11.4 Å². The lowest BCUT2D eigenvalue weighted by Gasteiger charge is -2.08. The molecule has 0 bridgehead atoms. The van der Waals surface area contributed by atoms with E-state index in [0.717, 1.165) is 23.0 Å². The lowest BCUT2D eigenvalue weighted by molar-refractivity contribution is 0.112. The second-order valence-corrected chi connectivity index (χ2v) is 3.81. The summed E-state index contributed by atoms with van der Waals surface area (Å²) in [4.78, 5) is 14.9. The Morgan fingerprint density at radius 1 is 1.29 bits per heavy atom. The van der Waals surface area contributed by atoms with E-state index in [2.05, 4.69) is 4.98 Å². The Kier molecular flexibility index (Phi) is 3.19. The highest BCUT2D eigenvalue weighted by atomic mass is 16.5. The van der Waals surface area contributed by atoms with Crippen LogP contribution < -0.4 is 4.74 Å². The van der Waals surface area contributed by atoms with E-state index in [4.69, 9.17) is 4.74 Å². The number of carbonyl (C=O) groups excluding carboxylic acids is 1. The van der Waals surface area contributed by atoms with E-state index >= 15 is 0 Å². The molecular weight excluding hydrogens is 214 g/mol. The summed E-state index contributed by atoms with van der Waals surface area (Å²) in [5.41, 5.74) is 3.53. The highest BCUT2D eigenvalue weighted by Gasteiger charge is 2.08. The molecule has 0 aliphatic carbocycles. The molecule has 1 heterocycles. The molecule has 0 saturated heterocycles. The summed E-state index contributed by atoms with van der Waals surface area (Å²) in [7, 11) is 1.57. The van der Waals surface area contributed by atoms with Crippen molar-refractivity contribution in [3.05, 3.63) is 47.7 Å². The first kappa shape index (κ1) is 11.3. The van der Waals surface area contributed by atoms with Gasteiger partial charge in [0.25, 0.3) is 0 Å². The van der Waals surface area contributed by atoms with Crippen LogP contribution in [0.5, 0.6) is 5.88 Å². The highest BCUT2D eigenvalue weighted by molar-refractivity contribution is 5.80. The molecule has 0 saturated carbocycles. The maximum Gasteiger partial charge on any atom is 0.221 e. The summed E-state index contributed by atoms with van der Waals surface area (Å²) in [5.74, 6) is 0.529. The Bertz CT molecular complexity index is 550. The van der Waals surface area contributed by atoms with Crippen LogP contribution in [0.1, 0.15) is 15.9 Å². The standard InChI is InChI=1S/C14H13NO2/c1-10-4-3-5-12(6-10)13-7-11(9-16)8-15-14(13)17-2/h3-9H,1-2H3. The van der Waals surface area contributed by atoms with E-state index in [-0.39, 0.29) is 0 Å². The van der Waals surface area contributed by atoms with Crippen LogP contribution in [0.2, 0.25) is 0 Å². The number of benzene rings is 1. The predicted octanol–water partition coefficient (Wildman–Crippen LogP) is 2.88. The summed E-state index contributed by atoms with van der Waals surface area (Å²) >= 11 is 0. The van der Waals surface area contributed by atoms with Crippen LogP contribution in [0.25, 0.3) is 11.1 Å². The van der Waals surface area contributed by atoms with Crippen LogP contribution in [-0.2, 0) is 0 Å². The third kappa shape index (κ3) is 2.33. The summed E-state index contributed by atoms with van der Waals surface area (Å²) < 4.78 is 5.21. The molecule has 0 amide bonds. The fraction of sp³-hybridized carbons (Fsp3) is 0.143. The molecule has 0 N–H and O–H groups in total. The van der Waals surface area contributed by atoms with Crippen LogP contribution >= 0.6 is 0 Å². The second-order valence-electron chi connectivity index (χ2n) is 3.81. The lowest BCUT2D eigenvalue weighted by atomic mass is 10.0. The summed E-state index contributed by atoms with van der Waals surface area (Å²) in [6, 6.07) is 9.79. The normalized spacial score (nSPS) is 10.0. The van der Waals surface area contributed by atoms with Gasteiger partial charge in [0.05, 0.1) is 7.11 Å². The van der Waals surface area contributed by atoms with Gasteiger partial charge < -0.3 is 4.74 Å². The van der Waals surface area contributed by atoms with Crippen molar-refractivity contribution in [2.75, 3.05) is 7.11 Å². The first-order valence-corrected chi connectivity index (χ1v) is 5.31. The first-order valence-electron chi connectivity index (χ1n) is 5.31. The van der Waals surface area contributed by atoms with Crippen LogP contribution in [0.4, 0.5) is 0 Å². The molecular formula is C14H13NO2. The molecule has 3 heteroatoms. The van der Waals surface area contributed by atoms with Crippen molar-refractivity contribution in [1.29, 1.82) is 0 Å². The molecule has 0 fully saturated rings. The van der Waals surface area contributed by atoms with Gasteiger partial charge in [0.15, 0.2) is 6.29 Å². The predicted molar refractivity (Wildman–Crippen MR) is 66.3 cm³/mol. The van der Waals surface area contributed by atoms with Gasteiger partial charge in [-0.2, -0.15) is 0 Å². The molecule has 17 heavy (non-hydrogen) atoms. The maximum absolute atomic E-state index is 10.8. The van der Waals surface area contributed by atoms with Crippen molar-refractivity contribution >= 4 is 6.29 Å². The average molecular weight is 227 g/mol. The van der Waals surface area contributed by atoms with Gasteiger partial charge in [0, 0.05) is 17.3 Å². The number of ether oxygens (including phenoxy) is 1. The van der Waals surface area contributed by atoms with Crippen molar-refractivity contribution < 1.29 is 9.53 Å².